The second-order valence-electron chi connectivity index (χ2n) is 10.7. The molecule has 41 heavy (non-hydrogen) atoms. The number of β-lactam (4-membered cyclic amide) rings is 1. The number of nitrogen functional groups attached to an aromatic ring is 1. The molecule has 1 saturated heterocycles. The second kappa shape index (κ2) is 11.5. The van der Waals surface area contributed by atoms with Gasteiger partial charge in [0.1, 0.15) is 34.7 Å². The van der Waals surface area contributed by atoms with Crippen LogP contribution in [0.25, 0.3) is 0 Å². The molecule has 4 rings (SSSR count). The maximum Gasteiger partial charge on any atom is 0.353 e. The lowest BCUT2D eigenvalue weighted by Crippen LogP contribution is -2.72. The fourth-order valence-corrected chi connectivity index (χ4v) is 6.05. The summed E-state index contributed by atoms with van der Waals surface area (Å²) in [5.74, 6) is -2.82. The Morgan fingerprint density at radius 1 is 1.24 bits per heavy atom. The third kappa shape index (κ3) is 6.51. The molecule has 1 fully saturated rings. The average molecular weight is 604 g/mol. The van der Waals surface area contributed by atoms with E-state index in [1.807, 2.05) is 35.2 Å². The number of carboxylic acids is 1. The van der Waals surface area contributed by atoms with E-state index in [0.29, 0.717) is 17.9 Å². The van der Waals surface area contributed by atoms with Crippen molar-refractivity contribution in [3.63, 3.8) is 0 Å². The van der Waals surface area contributed by atoms with Crippen LogP contribution in [0.15, 0.2) is 52.4 Å². The van der Waals surface area contributed by atoms with Gasteiger partial charge in [-0.15, -0.1) is 23.1 Å². The topological polar surface area (TPSA) is 169 Å². The van der Waals surface area contributed by atoms with E-state index in [1.165, 1.54) is 35.9 Å². The van der Waals surface area contributed by atoms with Crippen molar-refractivity contribution in [2.45, 2.75) is 63.8 Å². The number of aromatic nitrogens is 2. The maximum atomic E-state index is 13.5. The average Bonchev–Trinajstić information content (AvgIpc) is 3.31. The van der Waals surface area contributed by atoms with Gasteiger partial charge in [0.2, 0.25) is 5.60 Å². The monoisotopic (exact) mass is 603 g/mol. The Labute approximate surface area is 244 Å². The van der Waals surface area contributed by atoms with E-state index in [0.717, 1.165) is 22.5 Å². The van der Waals surface area contributed by atoms with E-state index < -0.39 is 46.4 Å². The lowest BCUT2D eigenvalue weighted by atomic mass is 10.0. The molecule has 15 heteroatoms. The molecule has 2 aromatic rings. The zero-order valence-corrected chi connectivity index (χ0v) is 24.8. The summed E-state index contributed by atoms with van der Waals surface area (Å²) >= 11 is 2.42. The van der Waals surface area contributed by atoms with Crippen molar-refractivity contribution in [3.05, 3.63) is 47.2 Å². The summed E-state index contributed by atoms with van der Waals surface area (Å²) in [5.41, 5.74) is 4.01. The predicted molar refractivity (Wildman–Crippen MR) is 152 cm³/mol. The molecule has 0 aromatic carbocycles. The number of esters is 1. The smallest absolute Gasteiger partial charge is 0.353 e. The minimum absolute atomic E-state index is 0.104. The van der Waals surface area contributed by atoms with E-state index >= 15 is 0 Å². The molecule has 0 radical (unpaired) electrons. The van der Waals surface area contributed by atoms with Crippen molar-refractivity contribution in [1.29, 1.82) is 0 Å². The summed E-state index contributed by atoms with van der Waals surface area (Å²) in [6.07, 6.45) is 4.45. The first-order valence-electron chi connectivity index (χ1n) is 12.5. The van der Waals surface area contributed by atoms with Crippen LogP contribution in [0.4, 0.5) is 10.9 Å². The number of oxime groups is 1. The standard InChI is InChI=1S/C26H30N6O7S2/c1-25(2,3)38-23(37)26(4,5)39-28-11-17(33)31(16-14-41-24(27)29-16)19-20(34)32-18(22(35)36)15(13-40-21(19)32)12-30-9-7-6-8-10-30/h6-11,14,19,21H,12-13H2,1-5H3,(H2-,27,29,35,36)/p+1/t19-,21-/m1/s1. The summed E-state index contributed by atoms with van der Waals surface area (Å²) in [5, 5.41) is 14.7. The Balaban J connectivity index is 1.58. The van der Waals surface area contributed by atoms with Gasteiger partial charge in [0.25, 0.3) is 11.8 Å². The number of ether oxygens (including phenoxy) is 1. The van der Waals surface area contributed by atoms with Crippen LogP contribution in [0.3, 0.4) is 0 Å². The van der Waals surface area contributed by atoms with E-state index in [2.05, 4.69) is 10.1 Å². The number of nitrogens with zero attached hydrogens (tertiary/aromatic N) is 5. The highest BCUT2D eigenvalue weighted by Gasteiger charge is 2.58. The van der Waals surface area contributed by atoms with Gasteiger partial charge < -0.3 is 20.4 Å². The number of fused-ring (bicyclic) bond motifs is 1. The van der Waals surface area contributed by atoms with Gasteiger partial charge in [-0.25, -0.2) is 19.1 Å². The molecular formula is C26H31N6O7S2+. The van der Waals surface area contributed by atoms with Crippen LogP contribution in [0.1, 0.15) is 34.6 Å². The van der Waals surface area contributed by atoms with Crippen LogP contribution in [0.5, 0.6) is 0 Å². The van der Waals surface area contributed by atoms with Crippen molar-refractivity contribution < 1.29 is 38.4 Å². The van der Waals surface area contributed by atoms with E-state index in [1.54, 1.807) is 20.8 Å². The minimum atomic E-state index is -1.50. The molecule has 0 bridgehead atoms. The van der Waals surface area contributed by atoms with Crippen molar-refractivity contribution in [1.82, 2.24) is 9.88 Å². The van der Waals surface area contributed by atoms with Gasteiger partial charge in [-0.2, -0.15) is 0 Å². The SMILES string of the molecule is CC(C)(C)OC(=O)C(C)(C)ON=CC(=O)N(c1csc(N)n1)[C@@H]1C(=O)N2C(C(=O)O)=C(C[n+]3ccccc3)CS[C@H]12. The quantitative estimate of drug-likeness (QED) is 0.142. The number of amides is 2. The number of aliphatic carboxylic acids is 1. The van der Waals surface area contributed by atoms with E-state index in [9.17, 15) is 24.3 Å². The molecule has 2 aliphatic heterocycles. The van der Waals surface area contributed by atoms with Gasteiger partial charge in [0.15, 0.2) is 24.1 Å². The van der Waals surface area contributed by atoms with Crippen LogP contribution in [-0.4, -0.2) is 73.3 Å². The molecule has 2 atom stereocenters. The number of rotatable bonds is 9. The molecule has 0 spiro atoms. The molecule has 0 unspecified atom stereocenters. The Hall–Kier alpha value is -3.98. The summed E-state index contributed by atoms with van der Waals surface area (Å²) in [4.78, 5) is 63.5. The number of thioether (sulfide) groups is 1. The number of pyridine rings is 1. The van der Waals surface area contributed by atoms with E-state index in [4.69, 9.17) is 15.3 Å². The Morgan fingerprint density at radius 3 is 2.51 bits per heavy atom. The molecule has 0 aliphatic carbocycles. The number of carbonyl (C=O) groups is 4. The van der Waals surface area contributed by atoms with Crippen LogP contribution >= 0.6 is 23.1 Å². The van der Waals surface area contributed by atoms with Crippen molar-refractivity contribution >= 4 is 64.0 Å². The molecular weight excluding hydrogens is 572 g/mol. The number of nitrogens with two attached hydrogens (primary N) is 1. The Bertz CT molecular complexity index is 1420. The first-order valence-corrected chi connectivity index (χ1v) is 14.5. The van der Waals surface area contributed by atoms with Gasteiger partial charge in [0.05, 0.1) is 0 Å². The summed E-state index contributed by atoms with van der Waals surface area (Å²) in [7, 11) is 0. The molecule has 218 valence electrons. The van der Waals surface area contributed by atoms with Crippen molar-refractivity contribution in [2.24, 2.45) is 5.16 Å². The summed E-state index contributed by atoms with van der Waals surface area (Å²) < 4.78 is 7.15. The third-order valence-corrected chi connectivity index (χ3v) is 7.97. The first kappa shape index (κ1) is 30.0. The predicted octanol–water partition coefficient (Wildman–Crippen LogP) is 1.79. The summed E-state index contributed by atoms with van der Waals surface area (Å²) in [6, 6.07) is 4.43. The second-order valence-corrected chi connectivity index (χ2v) is 12.7. The lowest BCUT2D eigenvalue weighted by molar-refractivity contribution is -0.689. The molecule has 3 N–H and O–H groups in total. The molecule has 2 amide bonds. The number of carbonyl (C=O) groups excluding carboxylic acids is 3. The molecule has 4 heterocycles. The highest BCUT2D eigenvalue weighted by atomic mass is 32.2. The molecule has 0 saturated carbocycles. The van der Waals surface area contributed by atoms with Crippen LogP contribution in [0.2, 0.25) is 0 Å². The third-order valence-electron chi connectivity index (χ3n) is 5.98. The normalized spacial score (nSPS) is 19.0. The number of carboxylic acid groups (broad SMARTS) is 1. The van der Waals surface area contributed by atoms with Crippen molar-refractivity contribution in [2.75, 3.05) is 16.4 Å². The van der Waals surface area contributed by atoms with Gasteiger partial charge >= 0.3 is 11.9 Å². The number of anilines is 2. The number of thiazole rings is 1. The molecule has 2 aromatic heterocycles. The van der Waals surface area contributed by atoms with Crippen LogP contribution in [-0.2, 0) is 35.3 Å². The zero-order valence-electron chi connectivity index (χ0n) is 23.1. The highest BCUT2D eigenvalue weighted by Crippen LogP contribution is 2.43. The number of hydrogen-bond donors (Lipinski definition) is 2. The molecule has 2 aliphatic rings. The maximum absolute atomic E-state index is 13.5. The minimum Gasteiger partial charge on any atom is -0.477 e. The van der Waals surface area contributed by atoms with E-state index in [-0.39, 0.29) is 16.6 Å². The molecule has 13 nitrogen and oxygen atoms in total. The lowest BCUT2D eigenvalue weighted by Gasteiger charge is -2.51. The number of hydrogen-bond acceptors (Lipinski definition) is 11. The van der Waals surface area contributed by atoms with Crippen molar-refractivity contribution in [3.8, 4) is 0 Å². The first-order chi connectivity index (χ1) is 19.2. The van der Waals surface area contributed by atoms with Crippen LogP contribution < -0.4 is 15.2 Å². The van der Waals surface area contributed by atoms with Gasteiger partial charge in [-0.05, 0) is 34.6 Å². The largest absolute Gasteiger partial charge is 0.477 e. The Kier molecular flexibility index (Phi) is 8.40. The summed E-state index contributed by atoms with van der Waals surface area (Å²) in [6.45, 7) is 8.31. The Morgan fingerprint density at radius 2 is 1.93 bits per heavy atom. The highest BCUT2D eigenvalue weighted by molar-refractivity contribution is 8.00. The van der Waals surface area contributed by atoms with Gasteiger partial charge in [0, 0.05) is 28.8 Å². The fraction of sp³-hybridized carbons (Fsp3) is 0.423. The van der Waals surface area contributed by atoms with Gasteiger partial charge in [-0.3, -0.25) is 19.4 Å². The fourth-order valence-electron chi connectivity index (χ4n) is 4.14. The zero-order chi connectivity index (χ0) is 30.1. The van der Waals surface area contributed by atoms with Gasteiger partial charge in [-0.1, -0.05) is 11.2 Å². The van der Waals surface area contributed by atoms with Crippen LogP contribution in [0, 0.1) is 0 Å².